The van der Waals surface area contributed by atoms with Crippen molar-refractivity contribution in [1.82, 2.24) is 15.0 Å². The third-order valence-electron chi connectivity index (χ3n) is 4.56. The molecule has 0 bridgehead atoms. The molecule has 1 aromatic carbocycles. The van der Waals surface area contributed by atoms with E-state index in [1.54, 1.807) is 36.5 Å². The Morgan fingerprint density at radius 1 is 0.893 bits per heavy atom. The Hall–Kier alpha value is -3.19. The Balaban J connectivity index is 1.41. The zero-order chi connectivity index (χ0) is 19.3. The van der Waals surface area contributed by atoms with E-state index in [-0.39, 0.29) is 5.91 Å². The molecule has 3 heterocycles. The number of halogens is 1. The molecule has 0 spiro atoms. The summed E-state index contributed by atoms with van der Waals surface area (Å²) in [6, 6.07) is 14.6. The molecular weight excluding hydrogens is 376 g/mol. The fourth-order valence-electron chi connectivity index (χ4n) is 3.08. The van der Waals surface area contributed by atoms with Gasteiger partial charge < -0.3 is 15.1 Å². The Kier molecular flexibility index (Phi) is 5.34. The summed E-state index contributed by atoms with van der Waals surface area (Å²) in [5.74, 6) is 1.45. The van der Waals surface area contributed by atoms with Crippen LogP contribution in [0.15, 0.2) is 61.1 Å². The molecule has 0 radical (unpaired) electrons. The highest BCUT2D eigenvalue weighted by Crippen LogP contribution is 2.18. The van der Waals surface area contributed by atoms with E-state index in [0.717, 1.165) is 37.8 Å². The third-order valence-corrected chi connectivity index (χ3v) is 4.82. The number of hydrogen-bond donors (Lipinski definition) is 1. The SMILES string of the molecule is O=C(Nc1ccc(Cl)cc1)c1cc(N2CCN(c3ccccn3)CC2)ncn1. The molecule has 1 aliphatic heterocycles. The van der Waals surface area contributed by atoms with Crippen molar-refractivity contribution >= 4 is 34.8 Å². The topological polar surface area (TPSA) is 74.2 Å². The van der Waals surface area contributed by atoms with Crippen molar-refractivity contribution in [1.29, 1.82) is 0 Å². The fourth-order valence-corrected chi connectivity index (χ4v) is 3.20. The van der Waals surface area contributed by atoms with Gasteiger partial charge in [-0.25, -0.2) is 15.0 Å². The summed E-state index contributed by atoms with van der Waals surface area (Å²) in [6.07, 6.45) is 3.23. The Bertz CT molecular complexity index is 942. The molecule has 4 rings (SSSR count). The molecule has 0 unspecified atom stereocenters. The maximum Gasteiger partial charge on any atom is 0.274 e. The van der Waals surface area contributed by atoms with Gasteiger partial charge in [0.1, 0.15) is 23.7 Å². The van der Waals surface area contributed by atoms with Crippen LogP contribution >= 0.6 is 11.6 Å². The van der Waals surface area contributed by atoms with Gasteiger partial charge in [-0.3, -0.25) is 4.79 Å². The maximum atomic E-state index is 12.5. The van der Waals surface area contributed by atoms with Crippen LogP contribution in [-0.4, -0.2) is 47.0 Å². The summed E-state index contributed by atoms with van der Waals surface area (Å²) < 4.78 is 0. The number of amides is 1. The van der Waals surface area contributed by atoms with E-state index in [2.05, 4.69) is 30.1 Å². The van der Waals surface area contributed by atoms with Crippen molar-refractivity contribution in [2.45, 2.75) is 0 Å². The molecule has 3 aromatic rings. The minimum atomic E-state index is -0.280. The molecule has 1 saturated heterocycles. The van der Waals surface area contributed by atoms with Crippen LogP contribution in [0, 0.1) is 0 Å². The third kappa shape index (κ3) is 4.20. The first-order valence-corrected chi connectivity index (χ1v) is 9.37. The van der Waals surface area contributed by atoms with Gasteiger partial charge in [-0.15, -0.1) is 0 Å². The van der Waals surface area contributed by atoms with Gasteiger partial charge in [-0.1, -0.05) is 17.7 Å². The molecule has 2 aromatic heterocycles. The first kappa shape index (κ1) is 18.2. The standard InChI is InChI=1S/C20H19ClN6O/c21-15-4-6-16(7-5-15)25-20(28)17-13-19(24-14-23-17)27-11-9-26(10-12-27)18-3-1-2-8-22-18/h1-8,13-14H,9-12H2,(H,25,28). The smallest absolute Gasteiger partial charge is 0.274 e. The summed E-state index contributed by atoms with van der Waals surface area (Å²) in [7, 11) is 0. The number of carbonyl (C=O) groups is 1. The summed E-state index contributed by atoms with van der Waals surface area (Å²) in [6.45, 7) is 3.28. The number of nitrogens with one attached hydrogen (secondary N) is 1. The van der Waals surface area contributed by atoms with E-state index < -0.39 is 0 Å². The number of carbonyl (C=O) groups excluding carboxylic acids is 1. The number of rotatable bonds is 4. The summed E-state index contributed by atoms with van der Waals surface area (Å²) in [4.78, 5) is 29.8. The molecule has 0 aliphatic carbocycles. The van der Waals surface area contributed by atoms with Crippen LogP contribution in [-0.2, 0) is 0 Å². The molecule has 1 amide bonds. The summed E-state index contributed by atoms with van der Waals surface area (Å²) >= 11 is 5.88. The van der Waals surface area contributed by atoms with Crippen molar-refractivity contribution in [2.75, 3.05) is 41.3 Å². The fraction of sp³-hybridized carbons (Fsp3) is 0.200. The van der Waals surface area contributed by atoms with Crippen LogP contribution in [0.5, 0.6) is 0 Å². The van der Waals surface area contributed by atoms with E-state index in [9.17, 15) is 4.79 Å². The van der Waals surface area contributed by atoms with Crippen LogP contribution in [0.2, 0.25) is 5.02 Å². The van der Waals surface area contributed by atoms with Crippen LogP contribution < -0.4 is 15.1 Å². The van der Waals surface area contributed by atoms with Crippen LogP contribution in [0.4, 0.5) is 17.3 Å². The van der Waals surface area contributed by atoms with Crippen LogP contribution in [0.1, 0.15) is 10.5 Å². The normalized spacial score (nSPS) is 14.0. The second-order valence-electron chi connectivity index (χ2n) is 6.38. The van der Waals surface area contributed by atoms with Crippen LogP contribution in [0.3, 0.4) is 0 Å². The molecule has 28 heavy (non-hydrogen) atoms. The lowest BCUT2D eigenvalue weighted by Gasteiger charge is -2.36. The number of anilines is 3. The predicted octanol–water partition coefficient (Wildman–Crippen LogP) is 3.10. The quantitative estimate of drug-likeness (QED) is 0.733. The molecule has 8 heteroatoms. The monoisotopic (exact) mass is 394 g/mol. The van der Waals surface area contributed by atoms with Gasteiger partial charge in [0.25, 0.3) is 5.91 Å². The minimum absolute atomic E-state index is 0.280. The van der Waals surface area contributed by atoms with Crippen molar-refractivity contribution in [3.05, 3.63) is 71.8 Å². The van der Waals surface area contributed by atoms with Gasteiger partial charge in [0, 0.05) is 49.2 Å². The Labute approximate surface area is 168 Å². The van der Waals surface area contributed by atoms with Crippen molar-refractivity contribution < 1.29 is 4.79 Å². The summed E-state index contributed by atoms with van der Waals surface area (Å²) in [5, 5.41) is 3.44. The molecule has 142 valence electrons. The molecule has 1 aliphatic rings. The molecular formula is C20H19ClN6O. The highest BCUT2D eigenvalue weighted by Gasteiger charge is 2.20. The van der Waals surface area contributed by atoms with Crippen molar-refractivity contribution in [3.8, 4) is 0 Å². The Morgan fingerprint density at radius 3 is 2.29 bits per heavy atom. The average molecular weight is 395 g/mol. The first-order valence-electron chi connectivity index (χ1n) is 8.99. The number of nitrogens with zero attached hydrogens (tertiary/aromatic N) is 5. The second kappa shape index (κ2) is 8.22. The zero-order valence-electron chi connectivity index (χ0n) is 15.1. The van der Waals surface area contributed by atoms with Gasteiger partial charge in [-0.2, -0.15) is 0 Å². The number of hydrogen-bond acceptors (Lipinski definition) is 6. The van der Waals surface area contributed by atoms with E-state index in [1.807, 2.05) is 18.2 Å². The van der Waals surface area contributed by atoms with Gasteiger partial charge in [0.15, 0.2) is 0 Å². The van der Waals surface area contributed by atoms with Crippen LogP contribution in [0.25, 0.3) is 0 Å². The first-order chi connectivity index (χ1) is 13.7. The lowest BCUT2D eigenvalue weighted by molar-refractivity contribution is 0.102. The van der Waals surface area contributed by atoms with Gasteiger partial charge in [0.2, 0.25) is 0 Å². The van der Waals surface area contributed by atoms with E-state index in [1.165, 1.54) is 6.33 Å². The van der Waals surface area contributed by atoms with Gasteiger partial charge in [-0.05, 0) is 36.4 Å². The maximum absolute atomic E-state index is 12.5. The van der Waals surface area contributed by atoms with Gasteiger partial charge >= 0.3 is 0 Å². The predicted molar refractivity (Wildman–Crippen MR) is 110 cm³/mol. The molecule has 1 fully saturated rings. The molecule has 0 saturated carbocycles. The average Bonchev–Trinajstić information content (AvgIpc) is 2.76. The number of aromatic nitrogens is 3. The molecule has 1 N–H and O–H groups in total. The minimum Gasteiger partial charge on any atom is -0.353 e. The number of benzene rings is 1. The number of piperazine rings is 1. The van der Waals surface area contributed by atoms with Crippen molar-refractivity contribution in [2.24, 2.45) is 0 Å². The van der Waals surface area contributed by atoms with E-state index >= 15 is 0 Å². The highest BCUT2D eigenvalue weighted by atomic mass is 35.5. The number of pyridine rings is 1. The van der Waals surface area contributed by atoms with Crippen molar-refractivity contribution in [3.63, 3.8) is 0 Å². The lowest BCUT2D eigenvalue weighted by atomic mass is 10.2. The van der Waals surface area contributed by atoms with E-state index in [4.69, 9.17) is 11.6 Å². The lowest BCUT2D eigenvalue weighted by Crippen LogP contribution is -2.47. The van der Waals surface area contributed by atoms with E-state index in [0.29, 0.717) is 16.4 Å². The van der Waals surface area contributed by atoms with Gasteiger partial charge in [0.05, 0.1) is 0 Å². The summed E-state index contributed by atoms with van der Waals surface area (Å²) in [5.41, 5.74) is 0.991. The highest BCUT2D eigenvalue weighted by molar-refractivity contribution is 6.30. The molecule has 7 nitrogen and oxygen atoms in total. The zero-order valence-corrected chi connectivity index (χ0v) is 15.9. The second-order valence-corrected chi connectivity index (χ2v) is 6.82. The Morgan fingerprint density at radius 2 is 1.61 bits per heavy atom. The largest absolute Gasteiger partial charge is 0.353 e. The molecule has 0 atom stereocenters.